The smallest absolute Gasteiger partial charge is 0.270 e. The lowest BCUT2D eigenvalue weighted by molar-refractivity contribution is -0.384. The fourth-order valence-corrected chi connectivity index (χ4v) is 2.39. The molecular formula is C14H13IN2O3. The first kappa shape index (κ1) is 14.6. The van der Waals surface area contributed by atoms with E-state index in [1.165, 1.54) is 12.1 Å². The van der Waals surface area contributed by atoms with Crippen LogP contribution in [0.2, 0.25) is 0 Å². The molecule has 0 aromatic heterocycles. The first-order chi connectivity index (χ1) is 9.61. The molecule has 0 unspecified atom stereocenters. The van der Waals surface area contributed by atoms with Crippen LogP contribution in [-0.4, -0.2) is 12.0 Å². The Bertz CT molecular complexity index is 632. The van der Waals surface area contributed by atoms with Crippen molar-refractivity contribution in [2.24, 2.45) is 0 Å². The van der Waals surface area contributed by atoms with E-state index in [9.17, 15) is 10.1 Å². The van der Waals surface area contributed by atoms with Crippen molar-refractivity contribution in [3.63, 3.8) is 0 Å². The van der Waals surface area contributed by atoms with Crippen molar-refractivity contribution in [3.05, 3.63) is 61.7 Å². The van der Waals surface area contributed by atoms with Crippen molar-refractivity contribution in [3.8, 4) is 5.75 Å². The van der Waals surface area contributed by atoms with Gasteiger partial charge in [0.1, 0.15) is 5.75 Å². The third-order valence-electron chi connectivity index (χ3n) is 2.82. The number of rotatable bonds is 5. The molecule has 2 aromatic carbocycles. The number of hydrogen-bond acceptors (Lipinski definition) is 4. The number of nitro groups is 1. The van der Waals surface area contributed by atoms with E-state index >= 15 is 0 Å². The van der Waals surface area contributed by atoms with Gasteiger partial charge in [-0.1, -0.05) is 12.1 Å². The van der Waals surface area contributed by atoms with E-state index < -0.39 is 4.92 Å². The molecule has 1 N–H and O–H groups in total. The zero-order valence-corrected chi connectivity index (χ0v) is 13.0. The fraction of sp³-hybridized carbons (Fsp3) is 0.143. The van der Waals surface area contributed by atoms with Crippen LogP contribution < -0.4 is 10.1 Å². The molecule has 0 heterocycles. The molecule has 0 atom stereocenters. The van der Waals surface area contributed by atoms with Crippen molar-refractivity contribution in [1.82, 2.24) is 0 Å². The number of halogens is 1. The summed E-state index contributed by atoms with van der Waals surface area (Å²) >= 11 is 2.24. The number of anilines is 1. The van der Waals surface area contributed by atoms with Crippen molar-refractivity contribution in [2.45, 2.75) is 6.54 Å². The van der Waals surface area contributed by atoms with Crippen LogP contribution in [0.1, 0.15) is 5.56 Å². The van der Waals surface area contributed by atoms with Gasteiger partial charge in [0.25, 0.3) is 5.69 Å². The van der Waals surface area contributed by atoms with Gasteiger partial charge in [-0.2, -0.15) is 0 Å². The summed E-state index contributed by atoms with van der Waals surface area (Å²) in [5, 5.41) is 14.1. The molecule has 0 aliphatic carbocycles. The Balaban J connectivity index is 2.22. The van der Waals surface area contributed by atoms with Crippen molar-refractivity contribution in [1.29, 1.82) is 0 Å². The molecule has 0 fully saturated rings. The number of methoxy groups -OCH3 is 1. The van der Waals surface area contributed by atoms with Crippen LogP contribution in [0, 0.1) is 13.7 Å². The lowest BCUT2D eigenvalue weighted by Gasteiger charge is -2.11. The average molecular weight is 384 g/mol. The molecule has 104 valence electrons. The Labute approximate surface area is 130 Å². The molecule has 0 aliphatic heterocycles. The maximum absolute atomic E-state index is 10.8. The van der Waals surface area contributed by atoms with Gasteiger partial charge in [-0.15, -0.1) is 0 Å². The Kier molecular flexibility index (Phi) is 4.78. The SMILES string of the molecule is COc1ccc([N+](=O)[O-])cc1CNc1ccccc1I. The highest BCUT2D eigenvalue weighted by molar-refractivity contribution is 14.1. The summed E-state index contributed by atoms with van der Waals surface area (Å²) in [6.45, 7) is 0.463. The fourth-order valence-electron chi connectivity index (χ4n) is 1.81. The van der Waals surface area contributed by atoms with Gasteiger partial charge < -0.3 is 10.1 Å². The molecule has 0 aliphatic rings. The molecule has 0 saturated heterocycles. The summed E-state index contributed by atoms with van der Waals surface area (Å²) in [6, 6.07) is 12.4. The highest BCUT2D eigenvalue weighted by Crippen LogP contribution is 2.25. The summed E-state index contributed by atoms with van der Waals surface area (Å²) in [5.74, 6) is 0.633. The first-order valence-electron chi connectivity index (χ1n) is 5.91. The second-order valence-electron chi connectivity index (χ2n) is 4.09. The number of nitro benzene ring substituents is 1. The minimum Gasteiger partial charge on any atom is -0.496 e. The minimum atomic E-state index is -0.408. The predicted octanol–water partition coefficient (Wildman–Crippen LogP) is 3.82. The van der Waals surface area contributed by atoms with Crippen molar-refractivity contribution < 1.29 is 9.66 Å². The third-order valence-corrected chi connectivity index (χ3v) is 3.76. The Morgan fingerprint density at radius 1 is 1.30 bits per heavy atom. The number of nitrogens with zero attached hydrogens (tertiary/aromatic N) is 1. The van der Waals surface area contributed by atoms with Crippen molar-refractivity contribution >= 4 is 34.0 Å². The zero-order valence-electron chi connectivity index (χ0n) is 10.8. The van der Waals surface area contributed by atoms with Crippen LogP contribution in [0.5, 0.6) is 5.75 Å². The first-order valence-corrected chi connectivity index (χ1v) is 6.99. The van der Waals surface area contributed by atoms with Gasteiger partial charge in [0, 0.05) is 33.5 Å². The summed E-state index contributed by atoms with van der Waals surface area (Å²) in [6.07, 6.45) is 0. The molecular weight excluding hydrogens is 371 g/mol. The highest BCUT2D eigenvalue weighted by atomic mass is 127. The topological polar surface area (TPSA) is 64.4 Å². The largest absolute Gasteiger partial charge is 0.496 e. The Morgan fingerprint density at radius 2 is 2.05 bits per heavy atom. The van der Waals surface area contributed by atoms with E-state index in [-0.39, 0.29) is 5.69 Å². The maximum Gasteiger partial charge on any atom is 0.270 e. The summed E-state index contributed by atoms with van der Waals surface area (Å²) in [7, 11) is 1.55. The van der Waals surface area contributed by atoms with Crippen LogP contribution in [-0.2, 0) is 6.54 Å². The van der Waals surface area contributed by atoms with E-state index in [4.69, 9.17) is 4.74 Å². The van der Waals surface area contributed by atoms with Crippen LogP contribution in [0.25, 0.3) is 0 Å². The molecule has 0 saturated carbocycles. The van der Waals surface area contributed by atoms with Gasteiger partial charge in [0.15, 0.2) is 0 Å². The molecule has 2 aromatic rings. The van der Waals surface area contributed by atoms with E-state index in [1.807, 2.05) is 24.3 Å². The molecule has 0 spiro atoms. The number of benzene rings is 2. The van der Waals surface area contributed by atoms with Gasteiger partial charge in [0.2, 0.25) is 0 Å². The predicted molar refractivity (Wildman–Crippen MR) is 86.1 cm³/mol. The third kappa shape index (κ3) is 3.38. The van der Waals surface area contributed by atoms with Crippen LogP contribution >= 0.6 is 22.6 Å². The number of nitrogens with one attached hydrogen (secondary N) is 1. The van der Waals surface area contributed by atoms with Crippen LogP contribution in [0.15, 0.2) is 42.5 Å². The standard InChI is InChI=1S/C14H13IN2O3/c1-20-14-7-6-11(17(18)19)8-10(14)9-16-13-5-3-2-4-12(13)15/h2-8,16H,9H2,1H3. The zero-order chi connectivity index (χ0) is 14.5. The lowest BCUT2D eigenvalue weighted by Crippen LogP contribution is -2.03. The summed E-state index contributed by atoms with van der Waals surface area (Å²) in [5.41, 5.74) is 1.80. The maximum atomic E-state index is 10.8. The van der Waals surface area contributed by atoms with Crippen LogP contribution in [0.3, 0.4) is 0 Å². The minimum absolute atomic E-state index is 0.0605. The Morgan fingerprint density at radius 3 is 2.70 bits per heavy atom. The summed E-state index contributed by atoms with van der Waals surface area (Å²) in [4.78, 5) is 10.4. The van der Waals surface area contributed by atoms with E-state index in [2.05, 4.69) is 27.9 Å². The molecule has 2 rings (SSSR count). The van der Waals surface area contributed by atoms with E-state index in [1.54, 1.807) is 13.2 Å². The van der Waals surface area contributed by atoms with E-state index in [0.717, 1.165) is 14.8 Å². The lowest BCUT2D eigenvalue weighted by atomic mass is 10.1. The van der Waals surface area contributed by atoms with Gasteiger partial charge in [-0.3, -0.25) is 10.1 Å². The molecule has 0 radical (unpaired) electrons. The number of hydrogen-bond donors (Lipinski definition) is 1. The number of ether oxygens (including phenoxy) is 1. The Hall–Kier alpha value is -1.83. The molecule has 0 amide bonds. The second kappa shape index (κ2) is 6.56. The molecule has 20 heavy (non-hydrogen) atoms. The van der Waals surface area contributed by atoms with Gasteiger partial charge in [0.05, 0.1) is 12.0 Å². The number of para-hydroxylation sites is 1. The van der Waals surface area contributed by atoms with Gasteiger partial charge in [-0.05, 0) is 40.8 Å². The van der Waals surface area contributed by atoms with Gasteiger partial charge in [-0.25, -0.2) is 0 Å². The molecule has 6 heteroatoms. The number of non-ortho nitro benzene ring substituents is 1. The van der Waals surface area contributed by atoms with Crippen molar-refractivity contribution in [2.75, 3.05) is 12.4 Å². The second-order valence-corrected chi connectivity index (χ2v) is 5.25. The normalized spacial score (nSPS) is 10.1. The molecule has 0 bridgehead atoms. The molecule has 5 nitrogen and oxygen atoms in total. The summed E-state index contributed by atoms with van der Waals surface area (Å²) < 4.78 is 6.33. The van der Waals surface area contributed by atoms with Crippen LogP contribution in [0.4, 0.5) is 11.4 Å². The monoisotopic (exact) mass is 384 g/mol. The quantitative estimate of drug-likeness (QED) is 0.484. The van der Waals surface area contributed by atoms with E-state index in [0.29, 0.717) is 12.3 Å². The average Bonchev–Trinajstić information content (AvgIpc) is 2.46. The van der Waals surface area contributed by atoms with Gasteiger partial charge >= 0.3 is 0 Å². The highest BCUT2D eigenvalue weighted by Gasteiger charge is 2.11.